The third-order valence-electron chi connectivity index (χ3n) is 3.50. The van der Waals surface area contributed by atoms with E-state index in [1.54, 1.807) is 0 Å². The Morgan fingerprint density at radius 1 is 1.22 bits per heavy atom. The summed E-state index contributed by atoms with van der Waals surface area (Å²) in [5, 5.41) is 11.0. The number of halogens is 1. The number of esters is 3. The molecule has 1 aliphatic rings. The van der Waals surface area contributed by atoms with Crippen LogP contribution in [0, 0.1) is 10.1 Å². The lowest BCUT2D eigenvalue weighted by Crippen LogP contribution is -2.40. The van der Waals surface area contributed by atoms with E-state index in [4.69, 9.17) is 18.9 Å². The highest BCUT2D eigenvalue weighted by atomic mass is 79.9. The van der Waals surface area contributed by atoms with Gasteiger partial charge in [-0.25, -0.2) is 0 Å². The molecule has 0 N–H and O–H groups in total. The van der Waals surface area contributed by atoms with Crippen LogP contribution >= 0.6 is 15.9 Å². The minimum absolute atomic E-state index is 0.0376. The van der Waals surface area contributed by atoms with Gasteiger partial charge in [-0.1, -0.05) is 0 Å². The number of imidazole rings is 1. The SMILES string of the molecule is CC(=O)OC[C@H]1O[C@@H](n2cnc([N+](=O)[O-])c2Br)[C@@H](OC(C)=O)[C@@H]1OC(C)=O. The van der Waals surface area contributed by atoms with Crippen LogP contribution in [0.3, 0.4) is 0 Å². The molecule has 0 radical (unpaired) electrons. The predicted molar refractivity (Wildman–Crippen MR) is 88.2 cm³/mol. The third kappa shape index (κ3) is 4.80. The smallest absolute Gasteiger partial charge is 0.396 e. The summed E-state index contributed by atoms with van der Waals surface area (Å²) in [5.74, 6) is -2.44. The second-order valence-corrected chi connectivity index (χ2v) is 6.29. The molecule has 12 nitrogen and oxygen atoms in total. The Balaban J connectivity index is 2.41. The van der Waals surface area contributed by atoms with Crippen LogP contribution in [-0.2, 0) is 33.3 Å². The van der Waals surface area contributed by atoms with Crippen molar-refractivity contribution in [1.82, 2.24) is 9.55 Å². The molecule has 1 aromatic rings. The number of aromatic nitrogens is 2. The zero-order valence-corrected chi connectivity index (χ0v) is 16.1. The highest BCUT2D eigenvalue weighted by molar-refractivity contribution is 9.10. The first kappa shape index (κ1) is 20.8. The topological polar surface area (TPSA) is 149 Å². The largest absolute Gasteiger partial charge is 0.463 e. The van der Waals surface area contributed by atoms with Crippen molar-refractivity contribution >= 4 is 39.7 Å². The monoisotopic (exact) mass is 449 g/mol. The van der Waals surface area contributed by atoms with Crippen LogP contribution in [0.1, 0.15) is 27.0 Å². The van der Waals surface area contributed by atoms with E-state index in [9.17, 15) is 24.5 Å². The lowest BCUT2D eigenvalue weighted by molar-refractivity contribution is -0.390. The standard InChI is InChI=1S/C14H16BrN3O9/c1-6(19)24-4-9-10(25-7(2)20)11(26-8(3)21)14(27-9)17-5-16-13(12(17)15)18(22)23/h5,9-11,14H,4H2,1-3H3/t9-,10-,11+,14-/m1/s1. The molecule has 2 heterocycles. The molecule has 1 fully saturated rings. The predicted octanol–water partition coefficient (Wildman–Crippen LogP) is 0.878. The molecule has 1 aliphatic heterocycles. The summed E-state index contributed by atoms with van der Waals surface area (Å²) < 4.78 is 22.3. The molecule has 0 bridgehead atoms. The lowest BCUT2D eigenvalue weighted by atomic mass is 10.1. The van der Waals surface area contributed by atoms with Crippen molar-refractivity contribution in [3.05, 3.63) is 21.0 Å². The fourth-order valence-electron chi connectivity index (χ4n) is 2.55. The van der Waals surface area contributed by atoms with E-state index in [-0.39, 0.29) is 11.2 Å². The van der Waals surface area contributed by atoms with Gasteiger partial charge in [0.2, 0.25) is 6.33 Å². The first-order valence-corrected chi connectivity index (χ1v) is 8.41. The average molecular weight is 450 g/mol. The van der Waals surface area contributed by atoms with E-state index < -0.39 is 53.2 Å². The van der Waals surface area contributed by atoms with Crippen LogP contribution in [-0.4, -0.2) is 57.3 Å². The molecular weight excluding hydrogens is 434 g/mol. The molecule has 148 valence electrons. The van der Waals surface area contributed by atoms with Gasteiger partial charge in [-0.2, -0.15) is 0 Å². The minimum Gasteiger partial charge on any atom is -0.463 e. The molecule has 0 amide bonds. The van der Waals surface area contributed by atoms with Crippen molar-refractivity contribution in [2.75, 3.05) is 6.61 Å². The van der Waals surface area contributed by atoms with Crippen molar-refractivity contribution in [3.8, 4) is 0 Å². The Morgan fingerprint density at radius 3 is 2.30 bits per heavy atom. The molecule has 0 saturated carbocycles. The molecule has 0 aliphatic carbocycles. The van der Waals surface area contributed by atoms with Gasteiger partial charge in [0.25, 0.3) is 0 Å². The van der Waals surface area contributed by atoms with E-state index >= 15 is 0 Å². The van der Waals surface area contributed by atoms with Crippen LogP contribution in [0.5, 0.6) is 0 Å². The summed E-state index contributed by atoms with van der Waals surface area (Å²) >= 11 is 3.05. The molecule has 4 atom stereocenters. The number of ether oxygens (including phenoxy) is 4. The van der Waals surface area contributed by atoms with E-state index in [1.165, 1.54) is 11.5 Å². The minimum atomic E-state index is -1.16. The van der Waals surface area contributed by atoms with Gasteiger partial charge >= 0.3 is 23.7 Å². The molecule has 13 heteroatoms. The van der Waals surface area contributed by atoms with Crippen molar-refractivity contribution in [2.24, 2.45) is 0 Å². The third-order valence-corrected chi connectivity index (χ3v) is 4.27. The number of carbonyl (C=O) groups is 3. The first-order chi connectivity index (χ1) is 12.6. The number of carbonyl (C=O) groups excluding carboxylic acids is 3. The molecule has 27 heavy (non-hydrogen) atoms. The Bertz CT molecular complexity index is 765. The molecule has 2 rings (SSSR count). The Labute approximate surface area is 161 Å². The molecular formula is C14H16BrN3O9. The number of hydrogen-bond donors (Lipinski definition) is 0. The van der Waals surface area contributed by atoms with E-state index in [1.807, 2.05) is 0 Å². The maximum atomic E-state index is 11.5. The van der Waals surface area contributed by atoms with Gasteiger partial charge in [0.15, 0.2) is 23.0 Å². The normalized spacial score (nSPS) is 24.3. The molecule has 1 aromatic heterocycles. The summed E-state index contributed by atoms with van der Waals surface area (Å²) in [6, 6.07) is 0. The maximum absolute atomic E-state index is 11.5. The van der Waals surface area contributed by atoms with Gasteiger partial charge in [0.1, 0.15) is 12.7 Å². The molecule has 1 saturated heterocycles. The van der Waals surface area contributed by atoms with E-state index in [0.29, 0.717) is 0 Å². The molecule has 0 unspecified atom stereocenters. The zero-order valence-electron chi connectivity index (χ0n) is 14.5. The van der Waals surface area contributed by atoms with Gasteiger partial charge in [-0.3, -0.25) is 19.0 Å². The van der Waals surface area contributed by atoms with Gasteiger partial charge in [-0.05, 0) is 25.8 Å². The fraction of sp³-hybridized carbons (Fsp3) is 0.571. The highest BCUT2D eigenvalue weighted by Gasteiger charge is 2.51. The van der Waals surface area contributed by atoms with Gasteiger partial charge < -0.3 is 29.1 Å². The van der Waals surface area contributed by atoms with Gasteiger partial charge in [-0.15, -0.1) is 0 Å². The van der Waals surface area contributed by atoms with Crippen molar-refractivity contribution in [2.45, 2.75) is 45.3 Å². The summed E-state index contributed by atoms with van der Waals surface area (Å²) in [7, 11) is 0. The quantitative estimate of drug-likeness (QED) is 0.265. The van der Waals surface area contributed by atoms with Crippen LogP contribution in [0.2, 0.25) is 0 Å². The summed E-state index contributed by atoms with van der Waals surface area (Å²) in [6.45, 7) is 3.20. The van der Waals surface area contributed by atoms with Crippen molar-refractivity contribution in [1.29, 1.82) is 0 Å². The van der Waals surface area contributed by atoms with Crippen molar-refractivity contribution < 1.29 is 38.3 Å². The fourth-order valence-corrected chi connectivity index (χ4v) is 3.09. The summed E-state index contributed by atoms with van der Waals surface area (Å²) in [4.78, 5) is 48.1. The number of nitrogens with zero attached hydrogens (tertiary/aromatic N) is 3. The second kappa shape index (κ2) is 8.43. The number of rotatable bonds is 6. The van der Waals surface area contributed by atoms with E-state index in [2.05, 4.69) is 20.9 Å². The molecule has 0 spiro atoms. The maximum Gasteiger partial charge on any atom is 0.396 e. The second-order valence-electron chi connectivity index (χ2n) is 5.54. The highest BCUT2D eigenvalue weighted by Crippen LogP contribution is 2.38. The first-order valence-electron chi connectivity index (χ1n) is 7.61. The number of hydrogen-bond acceptors (Lipinski definition) is 10. The summed E-state index contributed by atoms with van der Waals surface area (Å²) in [6.07, 6.45) is -3.24. The van der Waals surface area contributed by atoms with Gasteiger partial charge in [0, 0.05) is 20.8 Å². The van der Waals surface area contributed by atoms with Crippen LogP contribution in [0.15, 0.2) is 10.9 Å². The lowest BCUT2D eigenvalue weighted by Gasteiger charge is -2.23. The number of nitro groups is 1. The van der Waals surface area contributed by atoms with Crippen LogP contribution in [0.25, 0.3) is 0 Å². The molecule has 0 aromatic carbocycles. The van der Waals surface area contributed by atoms with Crippen LogP contribution < -0.4 is 0 Å². The average Bonchev–Trinajstić information content (AvgIpc) is 3.06. The van der Waals surface area contributed by atoms with E-state index in [0.717, 1.165) is 20.2 Å². The Morgan fingerprint density at radius 2 is 1.81 bits per heavy atom. The van der Waals surface area contributed by atoms with Gasteiger partial charge in [0.05, 0.1) is 0 Å². The van der Waals surface area contributed by atoms with Crippen molar-refractivity contribution in [3.63, 3.8) is 0 Å². The Hall–Kier alpha value is -2.54. The zero-order chi connectivity index (χ0) is 20.3. The summed E-state index contributed by atoms with van der Waals surface area (Å²) in [5.41, 5.74) is 0. The Kier molecular flexibility index (Phi) is 6.49. The van der Waals surface area contributed by atoms with Crippen LogP contribution in [0.4, 0.5) is 5.82 Å².